The Bertz CT molecular complexity index is 492. The predicted molar refractivity (Wildman–Crippen MR) is 81.1 cm³/mol. The molecule has 1 spiro atoms. The largest absolute Gasteiger partial charge is 0.381 e. The quantitative estimate of drug-likeness (QED) is 0.861. The molecule has 4 nitrogen and oxygen atoms in total. The van der Waals surface area contributed by atoms with Gasteiger partial charge in [0.15, 0.2) is 0 Å². The zero-order valence-corrected chi connectivity index (χ0v) is 12.1. The minimum absolute atomic E-state index is 0.0131. The highest BCUT2D eigenvalue weighted by molar-refractivity contribution is 5.92. The second-order valence-corrected chi connectivity index (χ2v) is 5.63. The van der Waals surface area contributed by atoms with Gasteiger partial charge in [0.25, 0.3) is 0 Å². The Morgan fingerprint density at radius 1 is 1.30 bits per heavy atom. The molecule has 0 aromatic heterocycles. The van der Waals surface area contributed by atoms with E-state index in [9.17, 15) is 0 Å². The van der Waals surface area contributed by atoms with Gasteiger partial charge in [-0.1, -0.05) is 24.3 Å². The van der Waals surface area contributed by atoms with Gasteiger partial charge >= 0.3 is 0 Å². The third kappa shape index (κ3) is 2.72. The van der Waals surface area contributed by atoms with E-state index in [0.717, 1.165) is 51.5 Å². The van der Waals surface area contributed by atoms with Gasteiger partial charge in [0.1, 0.15) is 5.84 Å². The highest BCUT2D eigenvalue weighted by atomic mass is 16.5. The lowest BCUT2D eigenvalue weighted by Gasteiger charge is -2.41. The highest BCUT2D eigenvalue weighted by Crippen LogP contribution is 2.24. The topological polar surface area (TPSA) is 45.7 Å². The number of aryl methyl sites for hydroxylation is 1. The molecule has 108 valence electrons. The molecule has 0 aliphatic carbocycles. The number of hydrogen-bond donors (Lipinski definition) is 2. The summed E-state index contributed by atoms with van der Waals surface area (Å²) in [7, 11) is 0. The van der Waals surface area contributed by atoms with Gasteiger partial charge < -0.3 is 15.4 Å². The van der Waals surface area contributed by atoms with Gasteiger partial charge in [-0.25, -0.2) is 0 Å². The fourth-order valence-electron chi connectivity index (χ4n) is 3.04. The molecule has 0 bridgehead atoms. The van der Waals surface area contributed by atoms with Crippen LogP contribution in [0.15, 0.2) is 29.3 Å². The summed E-state index contributed by atoms with van der Waals surface area (Å²) in [5.74, 6) is 1.12. The summed E-state index contributed by atoms with van der Waals surface area (Å²) in [6, 6.07) is 8.51. The average molecular weight is 273 g/mol. The van der Waals surface area contributed by atoms with Crippen LogP contribution in [0.3, 0.4) is 0 Å². The lowest BCUT2D eigenvalue weighted by atomic mass is 9.87. The molecule has 2 aliphatic rings. The SMILES string of the molecule is Cc1ccccc1CNC1=NCCNC12CCOCC2. The summed E-state index contributed by atoms with van der Waals surface area (Å²) in [6.07, 6.45) is 2.01. The van der Waals surface area contributed by atoms with Crippen LogP contribution in [0, 0.1) is 6.92 Å². The van der Waals surface area contributed by atoms with Gasteiger partial charge in [0.05, 0.1) is 12.1 Å². The maximum atomic E-state index is 5.50. The van der Waals surface area contributed by atoms with E-state index < -0.39 is 0 Å². The fourth-order valence-corrected chi connectivity index (χ4v) is 3.04. The van der Waals surface area contributed by atoms with E-state index in [-0.39, 0.29) is 5.54 Å². The first kappa shape index (κ1) is 13.6. The summed E-state index contributed by atoms with van der Waals surface area (Å²) in [4.78, 5) is 4.74. The van der Waals surface area contributed by atoms with Crippen molar-refractivity contribution in [1.82, 2.24) is 10.6 Å². The lowest BCUT2D eigenvalue weighted by molar-refractivity contribution is 0.0595. The normalized spacial score (nSPS) is 21.6. The summed E-state index contributed by atoms with van der Waals surface area (Å²) >= 11 is 0. The zero-order chi connectivity index (χ0) is 13.8. The Balaban J connectivity index is 1.72. The van der Waals surface area contributed by atoms with E-state index in [1.807, 2.05) is 0 Å². The van der Waals surface area contributed by atoms with Gasteiger partial charge in [-0.3, -0.25) is 4.99 Å². The van der Waals surface area contributed by atoms with Crippen molar-refractivity contribution >= 4 is 5.84 Å². The van der Waals surface area contributed by atoms with E-state index in [1.165, 1.54) is 11.1 Å². The second kappa shape index (κ2) is 5.94. The number of nitrogens with one attached hydrogen (secondary N) is 2. The monoisotopic (exact) mass is 273 g/mol. The van der Waals surface area contributed by atoms with Crippen molar-refractivity contribution in [3.8, 4) is 0 Å². The van der Waals surface area contributed by atoms with Crippen molar-refractivity contribution in [2.24, 2.45) is 4.99 Å². The number of ether oxygens (including phenoxy) is 1. The molecule has 1 aromatic carbocycles. The number of nitrogens with zero attached hydrogens (tertiary/aromatic N) is 1. The van der Waals surface area contributed by atoms with Crippen LogP contribution in [0.5, 0.6) is 0 Å². The fraction of sp³-hybridized carbons (Fsp3) is 0.562. The number of amidine groups is 1. The molecule has 4 heteroatoms. The van der Waals surface area contributed by atoms with Crippen LogP contribution in [0.1, 0.15) is 24.0 Å². The Morgan fingerprint density at radius 3 is 2.90 bits per heavy atom. The molecule has 0 saturated carbocycles. The summed E-state index contributed by atoms with van der Waals surface area (Å²) in [5.41, 5.74) is 2.67. The summed E-state index contributed by atoms with van der Waals surface area (Å²) < 4.78 is 5.50. The average Bonchev–Trinajstić information content (AvgIpc) is 2.49. The van der Waals surface area contributed by atoms with Gasteiger partial charge in [-0.2, -0.15) is 0 Å². The first-order valence-corrected chi connectivity index (χ1v) is 7.46. The first-order valence-electron chi connectivity index (χ1n) is 7.46. The molecule has 1 fully saturated rings. The standard InChI is InChI=1S/C16H23N3O/c1-13-4-2-3-5-14(13)12-18-15-16(19-9-8-17-15)6-10-20-11-7-16/h2-5,19H,6-12H2,1H3,(H,17,18). The molecule has 2 N–H and O–H groups in total. The smallest absolute Gasteiger partial charge is 0.117 e. The Hall–Kier alpha value is -1.39. The van der Waals surface area contributed by atoms with Crippen LogP contribution in [0.4, 0.5) is 0 Å². The third-order valence-electron chi connectivity index (χ3n) is 4.35. The van der Waals surface area contributed by atoms with Crippen LogP contribution in [0.2, 0.25) is 0 Å². The maximum Gasteiger partial charge on any atom is 0.117 e. The van der Waals surface area contributed by atoms with Crippen LogP contribution in [-0.4, -0.2) is 37.7 Å². The van der Waals surface area contributed by atoms with Gasteiger partial charge in [0.2, 0.25) is 0 Å². The molecule has 2 aliphatic heterocycles. The molecular weight excluding hydrogens is 250 g/mol. The van der Waals surface area contributed by atoms with Crippen LogP contribution >= 0.6 is 0 Å². The first-order chi connectivity index (χ1) is 9.80. The molecule has 1 aromatic rings. The van der Waals surface area contributed by atoms with E-state index in [0.29, 0.717) is 0 Å². The van der Waals surface area contributed by atoms with Crippen LogP contribution in [-0.2, 0) is 11.3 Å². The van der Waals surface area contributed by atoms with Crippen molar-refractivity contribution in [1.29, 1.82) is 0 Å². The summed E-state index contributed by atoms with van der Waals surface area (Å²) in [5, 5.41) is 7.23. The Morgan fingerprint density at radius 2 is 2.10 bits per heavy atom. The van der Waals surface area contributed by atoms with E-state index in [4.69, 9.17) is 9.73 Å². The molecule has 2 heterocycles. The van der Waals surface area contributed by atoms with Crippen LogP contribution in [0.25, 0.3) is 0 Å². The minimum Gasteiger partial charge on any atom is -0.381 e. The van der Waals surface area contributed by atoms with E-state index in [2.05, 4.69) is 41.8 Å². The van der Waals surface area contributed by atoms with Crippen molar-refractivity contribution in [3.05, 3.63) is 35.4 Å². The summed E-state index contributed by atoms with van der Waals surface area (Å²) in [6.45, 7) is 6.46. The Kier molecular flexibility index (Phi) is 4.03. The van der Waals surface area contributed by atoms with Crippen LogP contribution < -0.4 is 10.6 Å². The number of rotatable bonds is 2. The van der Waals surface area contributed by atoms with Gasteiger partial charge in [0, 0.05) is 26.3 Å². The lowest BCUT2D eigenvalue weighted by Crippen LogP contribution is -2.62. The Labute approximate surface area is 120 Å². The predicted octanol–water partition coefficient (Wildman–Crippen LogP) is 1.64. The molecule has 1 saturated heterocycles. The third-order valence-corrected chi connectivity index (χ3v) is 4.35. The molecule has 0 amide bonds. The van der Waals surface area contributed by atoms with Crippen molar-refractivity contribution in [2.75, 3.05) is 26.3 Å². The number of benzene rings is 1. The second-order valence-electron chi connectivity index (χ2n) is 5.63. The number of aliphatic imine (C=N–C) groups is 1. The van der Waals surface area contributed by atoms with E-state index in [1.54, 1.807) is 0 Å². The number of hydrogen-bond acceptors (Lipinski definition) is 4. The zero-order valence-electron chi connectivity index (χ0n) is 12.1. The highest BCUT2D eigenvalue weighted by Gasteiger charge is 2.38. The molecule has 3 rings (SSSR count). The molecular formula is C16H23N3O. The van der Waals surface area contributed by atoms with E-state index >= 15 is 0 Å². The van der Waals surface area contributed by atoms with Crippen molar-refractivity contribution in [3.63, 3.8) is 0 Å². The maximum absolute atomic E-state index is 5.50. The van der Waals surface area contributed by atoms with Crippen molar-refractivity contribution < 1.29 is 4.74 Å². The molecule has 20 heavy (non-hydrogen) atoms. The molecule has 0 atom stereocenters. The minimum atomic E-state index is 0.0131. The van der Waals surface area contributed by atoms with Gasteiger partial charge in [-0.15, -0.1) is 0 Å². The molecule has 0 radical (unpaired) electrons. The van der Waals surface area contributed by atoms with Crippen molar-refractivity contribution in [2.45, 2.75) is 31.8 Å². The molecule has 0 unspecified atom stereocenters. The van der Waals surface area contributed by atoms with Gasteiger partial charge in [-0.05, 0) is 30.9 Å².